The van der Waals surface area contributed by atoms with Gasteiger partial charge < -0.3 is 15.8 Å². The van der Waals surface area contributed by atoms with Crippen LogP contribution < -0.4 is 11.1 Å². The van der Waals surface area contributed by atoms with Crippen LogP contribution in [-0.4, -0.2) is 36.6 Å². The van der Waals surface area contributed by atoms with Crippen LogP contribution in [0, 0.1) is 11.8 Å². The van der Waals surface area contributed by atoms with E-state index in [0.717, 1.165) is 38.8 Å². The van der Waals surface area contributed by atoms with E-state index in [2.05, 4.69) is 17.5 Å². The van der Waals surface area contributed by atoms with E-state index in [4.69, 9.17) is 22.1 Å². The number of ether oxygens (including phenoxy) is 1. The van der Waals surface area contributed by atoms with Gasteiger partial charge in [-0.15, -0.1) is 11.6 Å². The summed E-state index contributed by atoms with van der Waals surface area (Å²) in [5.74, 6) is 0.787. The first-order valence-electron chi connectivity index (χ1n) is 8.51. The predicted octanol–water partition coefficient (Wildman–Crippen LogP) is 2.60. The Morgan fingerprint density at radius 1 is 1.36 bits per heavy atom. The van der Waals surface area contributed by atoms with Crippen LogP contribution in [0.2, 0.25) is 0 Å². The molecule has 0 aliphatic heterocycles. The van der Waals surface area contributed by atoms with Gasteiger partial charge in [0.2, 0.25) is 5.91 Å². The number of halogens is 1. The zero-order valence-electron chi connectivity index (χ0n) is 13.5. The third-order valence-corrected chi connectivity index (χ3v) is 5.19. The minimum atomic E-state index is -0.300. The summed E-state index contributed by atoms with van der Waals surface area (Å²) in [6.07, 6.45) is 11.5. The van der Waals surface area contributed by atoms with Gasteiger partial charge in [0.05, 0.1) is 18.8 Å². The summed E-state index contributed by atoms with van der Waals surface area (Å²) >= 11 is 6.23. The molecule has 2 aliphatic rings. The number of carbonyl (C=O) groups excluding carboxylic acids is 1. The molecule has 0 radical (unpaired) electrons. The molecule has 5 atom stereocenters. The summed E-state index contributed by atoms with van der Waals surface area (Å²) in [6, 6.07) is -0.267. The Labute approximate surface area is 138 Å². The molecule has 0 aromatic rings. The predicted molar refractivity (Wildman–Crippen MR) is 89.9 cm³/mol. The normalized spacial score (nSPS) is 33.5. The first kappa shape index (κ1) is 17.8. The monoisotopic (exact) mass is 328 g/mol. The molecule has 22 heavy (non-hydrogen) atoms. The Bertz CT molecular complexity index is 389. The highest BCUT2D eigenvalue weighted by atomic mass is 35.5. The van der Waals surface area contributed by atoms with Gasteiger partial charge in [-0.2, -0.15) is 0 Å². The second-order valence-electron chi connectivity index (χ2n) is 6.76. The van der Waals surface area contributed by atoms with Crippen molar-refractivity contribution < 1.29 is 9.53 Å². The van der Waals surface area contributed by atoms with Crippen molar-refractivity contribution in [3.05, 3.63) is 12.2 Å². The number of nitrogens with two attached hydrogens (primary N) is 1. The van der Waals surface area contributed by atoms with Crippen molar-refractivity contribution in [2.45, 2.75) is 63.0 Å². The van der Waals surface area contributed by atoms with Crippen LogP contribution in [-0.2, 0) is 9.53 Å². The van der Waals surface area contributed by atoms with Crippen molar-refractivity contribution >= 4 is 17.5 Å². The van der Waals surface area contributed by atoms with Crippen LogP contribution in [0.3, 0.4) is 0 Å². The SMILES string of the molecule is C[C@H](NCC1C=CC(OCC2CCCC(Cl)C2)CC1)C(N)=O. The zero-order valence-corrected chi connectivity index (χ0v) is 14.2. The molecule has 0 heterocycles. The summed E-state index contributed by atoms with van der Waals surface area (Å²) in [5.41, 5.74) is 5.24. The molecule has 3 N–H and O–H groups in total. The van der Waals surface area contributed by atoms with E-state index >= 15 is 0 Å². The Morgan fingerprint density at radius 2 is 2.18 bits per heavy atom. The molecule has 2 aliphatic carbocycles. The maximum absolute atomic E-state index is 11.0. The van der Waals surface area contributed by atoms with Crippen LogP contribution in [0.25, 0.3) is 0 Å². The molecule has 0 aromatic heterocycles. The minimum Gasteiger partial charge on any atom is -0.374 e. The number of alkyl halides is 1. The lowest BCUT2D eigenvalue weighted by molar-refractivity contribution is -0.119. The number of nitrogens with one attached hydrogen (secondary N) is 1. The molecule has 1 amide bonds. The average molecular weight is 329 g/mol. The molecule has 0 bridgehead atoms. The maximum Gasteiger partial charge on any atom is 0.234 e. The van der Waals surface area contributed by atoms with Crippen molar-refractivity contribution in [1.82, 2.24) is 5.32 Å². The molecule has 2 rings (SSSR count). The summed E-state index contributed by atoms with van der Waals surface area (Å²) in [4.78, 5) is 11.0. The van der Waals surface area contributed by atoms with E-state index in [1.165, 1.54) is 12.8 Å². The zero-order chi connectivity index (χ0) is 15.9. The Kier molecular flexibility index (Phi) is 7.19. The fourth-order valence-electron chi connectivity index (χ4n) is 3.23. The summed E-state index contributed by atoms with van der Waals surface area (Å²) < 4.78 is 6.04. The highest BCUT2D eigenvalue weighted by molar-refractivity contribution is 6.20. The molecule has 4 unspecified atom stereocenters. The second-order valence-corrected chi connectivity index (χ2v) is 7.37. The van der Waals surface area contributed by atoms with Crippen molar-refractivity contribution in [3.63, 3.8) is 0 Å². The fourth-order valence-corrected chi connectivity index (χ4v) is 3.63. The Balaban J connectivity index is 1.64. The topological polar surface area (TPSA) is 64.3 Å². The van der Waals surface area contributed by atoms with Gasteiger partial charge in [-0.1, -0.05) is 18.6 Å². The van der Waals surface area contributed by atoms with Crippen molar-refractivity contribution in [2.24, 2.45) is 17.6 Å². The number of rotatable bonds is 7. The van der Waals surface area contributed by atoms with Gasteiger partial charge in [-0.25, -0.2) is 0 Å². The summed E-state index contributed by atoms with van der Waals surface area (Å²) in [5, 5.41) is 3.51. The molecule has 0 spiro atoms. The molecule has 1 fully saturated rings. The van der Waals surface area contributed by atoms with Gasteiger partial charge in [0.1, 0.15) is 0 Å². The van der Waals surface area contributed by atoms with E-state index in [1.54, 1.807) is 6.92 Å². The van der Waals surface area contributed by atoms with E-state index in [9.17, 15) is 4.79 Å². The van der Waals surface area contributed by atoms with Crippen LogP contribution >= 0.6 is 11.6 Å². The third-order valence-electron chi connectivity index (χ3n) is 4.80. The van der Waals surface area contributed by atoms with Gasteiger partial charge in [0.15, 0.2) is 0 Å². The van der Waals surface area contributed by atoms with Gasteiger partial charge in [0, 0.05) is 11.9 Å². The first-order valence-corrected chi connectivity index (χ1v) is 8.95. The maximum atomic E-state index is 11.0. The number of carbonyl (C=O) groups is 1. The van der Waals surface area contributed by atoms with E-state index in [1.807, 2.05) is 0 Å². The second kappa shape index (κ2) is 8.90. The molecule has 126 valence electrons. The van der Waals surface area contributed by atoms with Gasteiger partial charge in [-0.05, 0) is 50.9 Å². The molecule has 1 saturated carbocycles. The van der Waals surface area contributed by atoms with Crippen LogP contribution in [0.4, 0.5) is 0 Å². The fraction of sp³-hybridized carbons (Fsp3) is 0.824. The minimum absolute atomic E-state index is 0.237. The standard InChI is InChI=1S/C17H29ClN2O2/c1-12(17(19)21)20-10-13-5-7-16(8-6-13)22-11-14-3-2-4-15(18)9-14/h5,7,12-16,20H,2-4,6,8-11H2,1H3,(H2,19,21)/t12-,13?,14?,15?,16?/m0/s1. The summed E-state index contributed by atoms with van der Waals surface area (Å²) in [7, 11) is 0. The van der Waals surface area contributed by atoms with Crippen LogP contribution in [0.15, 0.2) is 12.2 Å². The van der Waals surface area contributed by atoms with Crippen molar-refractivity contribution in [3.8, 4) is 0 Å². The molecule has 5 heteroatoms. The molecular formula is C17H29ClN2O2. The van der Waals surface area contributed by atoms with Gasteiger partial charge in [-0.3, -0.25) is 4.79 Å². The quantitative estimate of drug-likeness (QED) is 0.557. The van der Waals surface area contributed by atoms with Crippen molar-refractivity contribution in [2.75, 3.05) is 13.2 Å². The van der Waals surface area contributed by atoms with Crippen LogP contribution in [0.5, 0.6) is 0 Å². The van der Waals surface area contributed by atoms with Crippen molar-refractivity contribution in [1.29, 1.82) is 0 Å². The third kappa shape index (κ3) is 5.90. The average Bonchev–Trinajstić information content (AvgIpc) is 2.51. The number of hydrogen-bond donors (Lipinski definition) is 2. The lowest BCUT2D eigenvalue weighted by atomic mass is 9.89. The largest absolute Gasteiger partial charge is 0.374 e. The molecule has 4 nitrogen and oxygen atoms in total. The van der Waals surface area contributed by atoms with E-state index < -0.39 is 0 Å². The number of hydrogen-bond acceptors (Lipinski definition) is 3. The van der Waals surface area contributed by atoms with Gasteiger partial charge in [0.25, 0.3) is 0 Å². The lowest BCUT2D eigenvalue weighted by Crippen LogP contribution is -2.41. The van der Waals surface area contributed by atoms with Crippen LogP contribution in [0.1, 0.15) is 45.4 Å². The Hall–Kier alpha value is -0.580. The van der Waals surface area contributed by atoms with E-state index in [-0.39, 0.29) is 18.1 Å². The highest BCUT2D eigenvalue weighted by Crippen LogP contribution is 2.29. The Morgan fingerprint density at radius 3 is 2.82 bits per heavy atom. The summed E-state index contributed by atoms with van der Waals surface area (Å²) in [6.45, 7) is 3.43. The molecule has 0 aromatic carbocycles. The number of amides is 1. The van der Waals surface area contributed by atoms with Gasteiger partial charge >= 0.3 is 0 Å². The molecular weight excluding hydrogens is 300 g/mol. The molecule has 0 saturated heterocycles. The van der Waals surface area contributed by atoms with E-state index in [0.29, 0.717) is 17.2 Å². The lowest BCUT2D eigenvalue weighted by Gasteiger charge is -2.28. The highest BCUT2D eigenvalue weighted by Gasteiger charge is 2.23. The first-order chi connectivity index (χ1) is 10.5. The number of primary amides is 1. The smallest absolute Gasteiger partial charge is 0.234 e.